The Balaban J connectivity index is 1.61. The molecular formula is C24H22N4OS. The van der Waals surface area contributed by atoms with Crippen LogP contribution < -0.4 is 5.32 Å². The van der Waals surface area contributed by atoms with Crippen LogP contribution in [0.2, 0.25) is 0 Å². The normalized spacial score (nSPS) is 11.8. The average molecular weight is 415 g/mol. The van der Waals surface area contributed by atoms with E-state index in [2.05, 4.69) is 15.5 Å². The van der Waals surface area contributed by atoms with Crippen LogP contribution in [-0.4, -0.2) is 25.9 Å². The Hall–Kier alpha value is -3.38. The molecule has 0 aliphatic rings. The summed E-state index contributed by atoms with van der Waals surface area (Å²) in [4.78, 5) is 12.7. The molecule has 5 nitrogen and oxygen atoms in total. The maximum atomic E-state index is 12.7. The van der Waals surface area contributed by atoms with Gasteiger partial charge in [-0.2, -0.15) is 0 Å². The minimum atomic E-state index is -0.346. The molecule has 0 bridgehead atoms. The molecule has 0 spiro atoms. The number of aromatic nitrogens is 3. The number of anilines is 1. The Morgan fingerprint density at radius 2 is 1.53 bits per heavy atom. The lowest BCUT2D eigenvalue weighted by Crippen LogP contribution is -2.22. The average Bonchev–Trinajstić information content (AvgIpc) is 3.20. The van der Waals surface area contributed by atoms with Gasteiger partial charge < -0.3 is 5.32 Å². The van der Waals surface area contributed by atoms with Crippen molar-refractivity contribution < 1.29 is 4.79 Å². The lowest BCUT2D eigenvalue weighted by Gasteiger charge is -2.14. The number of carbonyl (C=O) groups is 1. The van der Waals surface area contributed by atoms with Crippen LogP contribution in [0.15, 0.2) is 90.1 Å². The van der Waals surface area contributed by atoms with E-state index in [1.54, 1.807) is 0 Å². The Kier molecular flexibility index (Phi) is 5.95. The summed E-state index contributed by atoms with van der Waals surface area (Å²) in [7, 11) is 0. The molecule has 0 saturated carbocycles. The summed E-state index contributed by atoms with van der Waals surface area (Å²) < 4.78 is 2.00. The fourth-order valence-electron chi connectivity index (χ4n) is 3.02. The zero-order chi connectivity index (χ0) is 20.9. The summed E-state index contributed by atoms with van der Waals surface area (Å²) in [6.07, 6.45) is 0. The highest BCUT2D eigenvalue weighted by molar-refractivity contribution is 8.00. The van der Waals surface area contributed by atoms with Crippen LogP contribution in [0.4, 0.5) is 5.69 Å². The fourth-order valence-corrected chi connectivity index (χ4v) is 3.89. The molecular weight excluding hydrogens is 392 g/mol. The minimum absolute atomic E-state index is 0.0762. The molecule has 0 aliphatic heterocycles. The molecule has 1 N–H and O–H groups in total. The van der Waals surface area contributed by atoms with Crippen LogP contribution >= 0.6 is 11.8 Å². The van der Waals surface area contributed by atoms with E-state index in [0.717, 1.165) is 28.3 Å². The van der Waals surface area contributed by atoms with Gasteiger partial charge in [0, 0.05) is 16.9 Å². The summed E-state index contributed by atoms with van der Waals surface area (Å²) in [5.74, 6) is 0.670. The van der Waals surface area contributed by atoms with Gasteiger partial charge in [-0.25, -0.2) is 0 Å². The highest BCUT2D eigenvalue weighted by Gasteiger charge is 2.22. The molecule has 6 heteroatoms. The summed E-state index contributed by atoms with van der Waals surface area (Å²) in [6.45, 7) is 3.89. The van der Waals surface area contributed by atoms with E-state index in [9.17, 15) is 4.79 Å². The Morgan fingerprint density at radius 3 is 2.20 bits per heavy atom. The van der Waals surface area contributed by atoms with Crippen molar-refractivity contribution >= 4 is 23.4 Å². The molecule has 0 unspecified atom stereocenters. The quantitative estimate of drug-likeness (QED) is 0.431. The van der Waals surface area contributed by atoms with Gasteiger partial charge in [-0.15, -0.1) is 10.2 Å². The molecule has 1 atom stereocenters. The second kappa shape index (κ2) is 8.97. The highest BCUT2D eigenvalue weighted by atomic mass is 32.2. The first kappa shape index (κ1) is 19.9. The van der Waals surface area contributed by atoms with E-state index in [1.165, 1.54) is 11.8 Å². The predicted octanol–water partition coefficient (Wildman–Crippen LogP) is 5.36. The van der Waals surface area contributed by atoms with Gasteiger partial charge in [0.2, 0.25) is 5.91 Å². The molecule has 0 aliphatic carbocycles. The number of aryl methyl sites for hydroxylation is 1. The number of rotatable bonds is 6. The number of nitrogens with zero attached hydrogens (tertiary/aromatic N) is 3. The number of thioether (sulfide) groups is 1. The van der Waals surface area contributed by atoms with Crippen molar-refractivity contribution in [3.8, 4) is 17.1 Å². The monoisotopic (exact) mass is 414 g/mol. The molecule has 1 aromatic heterocycles. The van der Waals surface area contributed by atoms with Crippen molar-refractivity contribution in [2.24, 2.45) is 0 Å². The summed E-state index contributed by atoms with van der Waals surface area (Å²) in [6, 6.07) is 27.7. The van der Waals surface area contributed by atoms with Crippen molar-refractivity contribution in [3.63, 3.8) is 0 Å². The van der Waals surface area contributed by atoms with E-state index < -0.39 is 0 Å². The van der Waals surface area contributed by atoms with E-state index in [-0.39, 0.29) is 11.2 Å². The van der Waals surface area contributed by atoms with Crippen molar-refractivity contribution in [1.29, 1.82) is 0 Å². The second-order valence-corrected chi connectivity index (χ2v) is 8.27. The Morgan fingerprint density at radius 1 is 0.900 bits per heavy atom. The topological polar surface area (TPSA) is 59.8 Å². The molecule has 30 heavy (non-hydrogen) atoms. The van der Waals surface area contributed by atoms with Gasteiger partial charge in [-0.05, 0) is 38.1 Å². The van der Waals surface area contributed by atoms with Gasteiger partial charge in [-0.1, -0.05) is 78.0 Å². The van der Waals surface area contributed by atoms with Gasteiger partial charge in [0.05, 0.1) is 5.25 Å². The maximum Gasteiger partial charge on any atom is 0.237 e. The smallest absolute Gasteiger partial charge is 0.237 e. The van der Waals surface area contributed by atoms with Crippen molar-refractivity contribution in [2.75, 3.05) is 5.32 Å². The van der Waals surface area contributed by atoms with E-state index in [1.807, 2.05) is 103 Å². The SMILES string of the molecule is Cc1ccc(NC(=O)[C@@H](C)Sc2nnc(-c3ccccc3)n2-c2ccccc2)cc1. The third-order valence-corrected chi connectivity index (χ3v) is 5.69. The van der Waals surface area contributed by atoms with Crippen LogP contribution in [0.3, 0.4) is 0 Å². The van der Waals surface area contributed by atoms with Crippen molar-refractivity contribution in [1.82, 2.24) is 14.8 Å². The first-order valence-electron chi connectivity index (χ1n) is 9.72. The van der Waals surface area contributed by atoms with Crippen molar-refractivity contribution in [3.05, 3.63) is 90.5 Å². The zero-order valence-electron chi connectivity index (χ0n) is 16.8. The number of hydrogen-bond acceptors (Lipinski definition) is 4. The molecule has 4 aromatic rings. The van der Waals surface area contributed by atoms with Gasteiger partial charge in [0.15, 0.2) is 11.0 Å². The molecule has 1 heterocycles. The zero-order valence-corrected chi connectivity index (χ0v) is 17.6. The lowest BCUT2D eigenvalue weighted by atomic mass is 10.2. The number of hydrogen-bond donors (Lipinski definition) is 1. The molecule has 150 valence electrons. The first-order valence-corrected chi connectivity index (χ1v) is 10.6. The summed E-state index contributed by atoms with van der Waals surface area (Å²) in [5, 5.41) is 12.1. The molecule has 0 fully saturated rings. The van der Waals surface area contributed by atoms with Crippen LogP contribution in [0.1, 0.15) is 12.5 Å². The van der Waals surface area contributed by atoms with E-state index in [0.29, 0.717) is 5.16 Å². The van der Waals surface area contributed by atoms with Crippen LogP contribution in [0, 0.1) is 6.92 Å². The van der Waals surface area contributed by atoms with Gasteiger partial charge >= 0.3 is 0 Å². The largest absolute Gasteiger partial charge is 0.325 e. The molecule has 0 saturated heterocycles. The van der Waals surface area contributed by atoms with Gasteiger partial charge in [0.25, 0.3) is 0 Å². The predicted molar refractivity (Wildman–Crippen MR) is 122 cm³/mol. The summed E-state index contributed by atoms with van der Waals surface area (Å²) >= 11 is 1.39. The molecule has 4 rings (SSSR count). The molecule has 3 aromatic carbocycles. The Bertz CT molecular complexity index is 1130. The standard InChI is InChI=1S/C24H22N4OS/c1-17-13-15-20(16-14-17)25-23(29)18(2)30-24-27-26-22(19-9-5-3-6-10-19)28(24)21-11-7-4-8-12-21/h3-16,18H,1-2H3,(H,25,29)/t18-/m1/s1. The van der Waals surface area contributed by atoms with Crippen LogP contribution in [-0.2, 0) is 4.79 Å². The fraction of sp³-hybridized carbons (Fsp3) is 0.125. The van der Waals surface area contributed by atoms with Crippen LogP contribution in [0.5, 0.6) is 0 Å². The van der Waals surface area contributed by atoms with Gasteiger partial charge in [0.1, 0.15) is 0 Å². The van der Waals surface area contributed by atoms with Crippen molar-refractivity contribution in [2.45, 2.75) is 24.3 Å². The maximum absolute atomic E-state index is 12.7. The van der Waals surface area contributed by atoms with E-state index in [4.69, 9.17) is 0 Å². The molecule has 1 amide bonds. The second-order valence-electron chi connectivity index (χ2n) is 6.96. The van der Waals surface area contributed by atoms with Gasteiger partial charge in [-0.3, -0.25) is 9.36 Å². The first-order chi connectivity index (χ1) is 14.6. The summed E-state index contributed by atoms with van der Waals surface area (Å²) in [5.41, 5.74) is 3.86. The molecule has 0 radical (unpaired) electrons. The minimum Gasteiger partial charge on any atom is -0.325 e. The number of carbonyl (C=O) groups excluding carboxylic acids is 1. The lowest BCUT2D eigenvalue weighted by molar-refractivity contribution is -0.115. The number of para-hydroxylation sites is 1. The third kappa shape index (κ3) is 4.44. The van der Waals surface area contributed by atoms with Crippen LogP contribution in [0.25, 0.3) is 17.1 Å². The third-order valence-electron chi connectivity index (χ3n) is 4.65. The van der Waals surface area contributed by atoms with E-state index >= 15 is 0 Å². The highest BCUT2D eigenvalue weighted by Crippen LogP contribution is 2.30. The Labute approximate surface area is 180 Å². The number of benzene rings is 3. The number of amides is 1. The number of nitrogens with one attached hydrogen (secondary N) is 1.